The number of carbonyl (C=O) groups excluding carboxylic acids is 1. The molecular formula is C24H29N7O5S. The molecule has 0 unspecified atom stereocenters. The predicted molar refractivity (Wildman–Crippen MR) is 137 cm³/mol. The lowest BCUT2D eigenvalue weighted by atomic mass is 9.97. The van der Waals surface area contributed by atoms with E-state index in [1.54, 1.807) is 6.07 Å². The van der Waals surface area contributed by atoms with Crippen molar-refractivity contribution in [3.05, 3.63) is 42.2 Å². The number of nitrogens with two attached hydrogens (primary N) is 1. The molecule has 0 saturated carbocycles. The number of rotatable bonds is 7. The number of nitrogens with zero attached hydrogens (tertiary/aromatic N) is 5. The van der Waals surface area contributed by atoms with Gasteiger partial charge in [-0.1, -0.05) is 6.92 Å². The third-order valence-electron chi connectivity index (χ3n) is 6.15. The van der Waals surface area contributed by atoms with E-state index in [2.05, 4.69) is 40.4 Å². The first-order chi connectivity index (χ1) is 17.5. The highest BCUT2D eigenvalue weighted by Crippen LogP contribution is 2.39. The van der Waals surface area contributed by atoms with Crippen molar-refractivity contribution in [3.63, 3.8) is 0 Å². The highest BCUT2D eigenvalue weighted by Gasteiger charge is 2.39. The van der Waals surface area contributed by atoms with Crippen LogP contribution in [0.3, 0.4) is 0 Å². The highest BCUT2D eigenvalue weighted by molar-refractivity contribution is 7.90. The maximum absolute atomic E-state index is 13.4. The summed E-state index contributed by atoms with van der Waals surface area (Å²) in [6, 6.07) is 5.95. The zero-order chi connectivity index (χ0) is 27.0. The molecule has 12 nitrogen and oxygen atoms in total. The van der Waals surface area contributed by atoms with Gasteiger partial charge in [-0.3, -0.25) is 4.79 Å². The van der Waals surface area contributed by atoms with Crippen molar-refractivity contribution in [3.8, 4) is 23.1 Å². The summed E-state index contributed by atoms with van der Waals surface area (Å²) < 4.78 is 38.5. The van der Waals surface area contributed by atoms with Crippen LogP contribution in [0, 0.1) is 5.92 Å². The second-order valence-electron chi connectivity index (χ2n) is 9.40. The SMILES string of the molecule is COc1ncc(-c2ccc(C(=O)NS(=O)(=O)c3cccnc3N)c(N3C[C@@H](C)CC3(C)C)n2)c(OC)n1. The first kappa shape index (κ1) is 26.1. The fraction of sp³-hybridized carbons (Fsp3) is 0.375. The number of sulfonamides is 1. The predicted octanol–water partition coefficient (Wildman–Crippen LogP) is 2.28. The summed E-state index contributed by atoms with van der Waals surface area (Å²) in [7, 11) is -1.37. The number of amides is 1. The van der Waals surface area contributed by atoms with Crippen LogP contribution in [0.2, 0.25) is 0 Å². The van der Waals surface area contributed by atoms with Crippen LogP contribution in [0.1, 0.15) is 37.6 Å². The lowest BCUT2D eigenvalue weighted by molar-refractivity contribution is 0.0981. The van der Waals surface area contributed by atoms with E-state index < -0.39 is 15.9 Å². The first-order valence-corrected chi connectivity index (χ1v) is 13.0. The molecule has 1 fully saturated rings. The van der Waals surface area contributed by atoms with Crippen LogP contribution in [0.15, 0.2) is 41.6 Å². The van der Waals surface area contributed by atoms with Crippen LogP contribution in [0.25, 0.3) is 11.3 Å². The van der Waals surface area contributed by atoms with E-state index in [-0.39, 0.29) is 33.7 Å². The maximum atomic E-state index is 13.4. The second-order valence-corrected chi connectivity index (χ2v) is 11.1. The van der Waals surface area contributed by atoms with Crippen LogP contribution in [-0.4, -0.2) is 60.6 Å². The standard InChI is InChI=1S/C24H29N7O5S/c1-14-11-24(2,3)31(13-14)20-15(21(32)30-37(33,34)18-7-6-10-26-19(18)25)8-9-17(28-20)16-12-27-23(36-5)29-22(16)35-4/h6-10,12,14H,11,13H2,1-5H3,(H2,25,26)(H,30,32)/t14-/m0/s1. The van der Waals surface area contributed by atoms with Crippen molar-refractivity contribution < 1.29 is 22.7 Å². The summed E-state index contributed by atoms with van der Waals surface area (Å²) in [4.78, 5) is 32.1. The fourth-order valence-corrected chi connectivity index (χ4v) is 5.63. The Kier molecular flexibility index (Phi) is 6.91. The van der Waals surface area contributed by atoms with E-state index in [0.29, 0.717) is 29.5 Å². The van der Waals surface area contributed by atoms with Gasteiger partial charge in [0, 0.05) is 24.5 Å². The molecule has 0 radical (unpaired) electrons. The zero-order valence-corrected chi connectivity index (χ0v) is 22.0. The van der Waals surface area contributed by atoms with Crippen molar-refractivity contribution in [2.75, 3.05) is 31.4 Å². The van der Waals surface area contributed by atoms with Gasteiger partial charge in [-0.05, 0) is 50.5 Å². The molecule has 0 aliphatic carbocycles. The number of ether oxygens (including phenoxy) is 2. The smallest absolute Gasteiger partial charge is 0.319 e. The molecule has 196 valence electrons. The van der Waals surface area contributed by atoms with E-state index in [1.807, 2.05) is 4.90 Å². The lowest BCUT2D eigenvalue weighted by Gasteiger charge is -2.34. The number of aromatic nitrogens is 4. The van der Waals surface area contributed by atoms with Gasteiger partial charge in [0.05, 0.1) is 31.0 Å². The monoisotopic (exact) mass is 527 g/mol. The Hall–Kier alpha value is -4.00. The normalized spacial score (nSPS) is 16.9. The van der Waals surface area contributed by atoms with Crippen molar-refractivity contribution in [2.24, 2.45) is 5.92 Å². The lowest BCUT2D eigenvalue weighted by Crippen LogP contribution is -2.41. The summed E-state index contributed by atoms with van der Waals surface area (Å²) in [6.45, 7) is 6.84. The quantitative estimate of drug-likeness (QED) is 0.463. The number of methoxy groups -OCH3 is 2. The molecule has 0 spiro atoms. The Labute approximate surface area is 215 Å². The van der Waals surface area contributed by atoms with Gasteiger partial charge in [0.1, 0.15) is 16.5 Å². The Bertz CT molecular complexity index is 1450. The molecule has 3 N–H and O–H groups in total. The summed E-state index contributed by atoms with van der Waals surface area (Å²) >= 11 is 0. The zero-order valence-electron chi connectivity index (χ0n) is 21.2. The van der Waals surface area contributed by atoms with Crippen molar-refractivity contribution in [1.29, 1.82) is 0 Å². The van der Waals surface area contributed by atoms with Crippen molar-refractivity contribution in [2.45, 2.75) is 37.6 Å². The van der Waals surface area contributed by atoms with E-state index in [9.17, 15) is 13.2 Å². The summed E-state index contributed by atoms with van der Waals surface area (Å²) in [5.74, 6) is -0.153. The molecule has 0 bridgehead atoms. The molecular weight excluding hydrogens is 498 g/mol. The third-order valence-corrected chi connectivity index (χ3v) is 7.53. The Morgan fingerprint density at radius 3 is 2.54 bits per heavy atom. The summed E-state index contributed by atoms with van der Waals surface area (Å²) in [6.07, 6.45) is 3.74. The van der Waals surface area contributed by atoms with Gasteiger partial charge in [-0.15, -0.1) is 0 Å². The average molecular weight is 528 g/mol. The minimum absolute atomic E-state index is 0.0883. The van der Waals surface area contributed by atoms with Gasteiger partial charge in [-0.2, -0.15) is 4.98 Å². The van der Waals surface area contributed by atoms with Gasteiger partial charge >= 0.3 is 6.01 Å². The number of hydrogen-bond acceptors (Lipinski definition) is 11. The number of hydrogen-bond donors (Lipinski definition) is 2. The van der Waals surface area contributed by atoms with Gasteiger partial charge < -0.3 is 20.1 Å². The highest BCUT2D eigenvalue weighted by atomic mass is 32.2. The largest absolute Gasteiger partial charge is 0.480 e. The number of anilines is 2. The molecule has 1 atom stereocenters. The molecule has 13 heteroatoms. The Morgan fingerprint density at radius 2 is 1.92 bits per heavy atom. The third kappa shape index (κ3) is 5.12. The Morgan fingerprint density at radius 1 is 1.16 bits per heavy atom. The van der Waals surface area contributed by atoms with Crippen molar-refractivity contribution in [1.82, 2.24) is 24.7 Å². The number of nitrogen functional groups attached to an aromatic ring is 1. The first-order valence-electron chi connectivity index (χ1n) is 11.5. The number of carbonyl (C=O) groups is 1. The van der Waals surface area contributed by atoms with E-state index in [0.717, 1.165) is 6.42 Å². The maximum Gasteiger partial charge on any atom is 0.319 e. The summed E-state index contributed by atoms with van der Waals surface area (Å²) in [5, 5.41) is 0. The molecule has 1 aliphatic rings. The molecule has 1 saturated heterocycles. The molecule has 3 aromatic heterocycles. The summed E-state index contributed by atoms with van der Waals surface area (Å²) in [5.41, 5.74) is 6.42. The fourth-order valence-electron chi connectivity index (χ4n) is 4.58. The van der Waals surface area contributed by atoms with E-state index >= 15 is 0 Å². The minimum atomic E-state index is -4.29. The molecule has 4 heterocycles. The molecule has 3 aromatic rings. The van der Waals surface area contributed by atoms with Crippen LogP contribution < -0.4 is 24.8 Å². The van der Waals surface area contributed by atoms with Gasteiger partial charge in [0.2, 0.25) is 5.88 Å². The van der Waals surface area contributed by atoms with Gasteiger partial charge in [0.25, 0.3) is 15.9 Å². The Balaban J connectivity index is 1.81. The molecule has 4 rings (SSSR count). The molecule has 1 aliphatic heterocycles. The van der Waals surface area contributed by atoms with Gasteiger partial charge in [0.15, 0.2) is 0 Å². The number of nitrogens with one attached hydrogen (secondary N) is 1. The van der Waals surface area contributed by atoms with Crippen LogP contribution in [0.4, 0.5) is 11.6 Å². The van der Waals surface area contributed by atoms with E-state index in [1.165, 1.54) is 44.8 Å². The molecule has 0 aromatic carbocycles. The second kappa shape index (κ2) is 9.81. The topological polar surface area (TPSA) is 163 Å². The number of pyridine rings is 2. The molecule has 37 heavy (non-hydrogen) atoms. The molecule has 1 amide bonds. The van der Waals surface area contributed by atoms with E-state index in [4.69, 9.17) is 20.2 Å². The van der Waals surface area contributed by atoms with Crippen LogP contribution in [0.5, 0.6) is 11.9 Å². The minimum Gasteiger partial charge on any atom is -0.480 e. The van der Waals surface area contributed by atoms with Crippen LogP contribution in [-0.2, 0) is 10.0 Å². The average Bonchev–Trinajstić information content (AvgIpc) is 3.14. The van der Waals surface area contributed by atoms with Crippen molar-refractivity contribution >= 4 is 27.6 Å². The van der Waals surface area contributed by atoms with Crippen LogP contribution >= 0.6 is 0 Å². The van der Waals surface area contributed by atoms with Gasteiger partial charge in [-0.25, -0.2) is 28.1 Å².